The fourth-order valence-electron chi connectivity index (χ4n) is 1.09. The van der Waals surface area contributed by atoms with E-state index < -0.39 is 0 Å². The van der Waals surface area contributed by atoms with Gasteiger partial charge in [0.25, 0.3) is 0 Å². The van der Waals surface area contributed by atoms with Gasteiger partial charge >= 0.3 is 0 Å². The van der Waals surface area contributed by atoms with E-state index in [1.165, 1.54) is 0 Å². The lowest BCUT2D eigenvalue weighted by Gasteiger charge is -1.81. The molecular formula is C7H2N3S2. The van der Waals surface area contributed by atoms with Gasteiger partial charge in [-0.3, -0.25) is 0 Å². The molecule has 5 heteroatoms. The van der Waals surface area contributed by atoms with Crippen molar-refractivity contribution in [2.75, 3.05) is 0 Å². The Morgan fingerprint density at radius 3 is 3.42 bits per heavy atom. The van der Waals surface area contributed by atoms with Gasteiger partial charge in [0, 0.05) is 6.20 Å². The van der Waals surface area contributed by atoms with Crippen LogP contribution in [0.3, 0.4) is 0 Å². The molecule has 3 aromatic heterocycles. The van der Waals surface area contributed by atoms with E-state index in [0.717, 1.165) is 19.7 Å². The van der Waals surface area contributed by atoms with Crippen LogP contribution in [-0.2, 0) is 0 Å². The molecule has 0 unspecified atom stereocenters. The van der Waals surface area contributed by atoms with Gasteiger partial charge in [-0.2, -0.15) is 0 Å². The molecule has 0 N–H and O–H groups in total. The summed E-state index contributed by atoms with van der Waals surface area (Å²) in [5.74, 6) is 0. The van der Waals surface area contributed by atoms with Gasteiger partial charge in [0.15, 0.2) is 6.33 Å². The molecule has 0 bridgehead atoms. The zero-order chi connectivity index (χ0) is 7.97. The minimum Gasteiger partial charge on any atom is -0.234 e. The molecule has 0 aliphatic heterocycles. The second-order valence-electron chi connectivity index (χ2n) is 2.27. The Morgan fingerprint density at radius 2 is 2.42 bits per heavy atom. The topological polar surface area (TPSA) is 38.7 Å². The molecule has 0 spiro atoms. The molecule has 3 rings (SSSR count). The summed E-state index contributed by atoms with van der Waals surface area (Å²) >= 11 is 3.24. The van der Waals surface area contributed by atoms with Crippen molar-refractivity contribution >= 4 is 42.4 Å². The van der Waals surface area contributed by atoms with Crippen molar-refractivity contribution in [1.29, 1.82) is 0 Å². The van der Waals surface area contributed by atoms with E-state index in [2.05, 4.69) is 21.3 Å². The first-order valence-corrected chi connectivity index (χ1v) is 4.99. The maximum atomic E-state index is 4.21. The number of thiazole rings is 1. The summed E-state index contributed by atoms with van der Waals surface area (Å²) in [6, 6.07) is 0. The van der Waals surface area contributed by atoms with E-state index >= 15 is 0 Å². The normalized spacial score (nSPS) is 11.3. The molecule has 0 amide bonds. The van der Waals surface area contributed by atoms with Gasteiger partial charge < -0.3 is 0 Å². The number of hydrogen-bond donors (Lipinski definition) is 0. The summed E-state index contributed by atoms with van der Waals surface area (Å²) in [5, 5.41) is 0. The highest BCUT2D eigenvalue weighted by molar-refractivity contribution is 7.31. The zero-order valence-corrected chi connectivity index (χ0v) is 7.45. The molecule has 0 saturated carbocycles. The van der Waals surface area contributed by atoms with Crippen LogP contribution in [0.15, 0.2) is 11.7 Å². The van der Waals surface area contributed by atoms with Crippen LogP contribution in [0.1, 0.15) is 0 Å². The SMILES string of the molecule is [c]1ncc2sc3ncsc3c2n1. The monoisotopic (exact) mass is 192 g/mol. The maximum absolute atomic E-state index is 4.21. The first-order valence-electron chi connectivity index (χ1n) is 3.30. The molecule has 12 heavy (non-hydrogen) atoms. The van der Waals surface area contributed by atoms with Crippen LogP contribution in [0.2, 0.25) is 0 Å². The zero-order valence-electron chi connectivity index (χ0n) is 5.81. The average Bonchev–Trinajstić information content (AvgIpc) is 2.62. The van der Waals surface area contributed by atoms with E-state index in [-0.39, 0.29) is 0 Å². The van der Waals surface area contributed by atoms with E-state index in [1.807, 2.05) is 5.51 Å². The lowest BCUT2D eigenvalue weighted by molar-refractivity contribution is 1.21. The van der Waals surface area contributed by atoms with Crippen LogP contribution >= 0.6 is 22.7 Å². The summed E-state index contributed by atoms with van der Waals surface area (Å²) in [6.45, 7) is 0. The molecule has 3 aromatic rings. The lowest BCUT2D eigenvalue weighted by Crippen LogP contribution is -1.74. The van der Waals surface area contributed by atoms with Gasteiger partial charge in [-0.25, -0.2) is 15.0 Å². The van der Waals surface area contributed by atoms with Crippen molar-refractivity contribution in [2.24, 2.45) is 0 Å². The Bertz CT molecular complexity index is 539. The quantitative estimate of drug-likeness (QED) is 0.547. The number of aromatic nitrogens is 3. The molecule has 3 heterocycles. The number of fused-ring (bicyclic) bond motifs is 3. The molecule has 3 nitrogen and oxygen atoms in total. The van der Waals surface area contributed by atoms with Crippen LogP contribution in [0.4, 0.5) is 0 Å². The second kappa shape index (κ2) is 2.21. The van der Waals surface area contributed by atoms with Gasteiger partial charge in [0.1, 0.15) is 10.3 Å². The number of rotatable bonds is 0. The van der Waals surface area contributed by atoms with Gasteiger partial charge in [-0.15, -0.1) is 22.7 Å². The summed E-state index contributed by atoms with van der Waals surface area (Å²) in [6.07, 6.45) is 4.37. The van der Waals surface area contributed by atoms with Crippen molar-refractivity contribution in [3.8, 4) is 0 Å². The number of thiophene rings is 1. The third-order valence-electron chi connectivity index (χ3n) is 1.59. The molecule has 1 radical (unpaired) electrons. The van der Waals surface area contributed by atoms with Gasteiger partial charge in [0.2, 0.25) is 0 Å². The summed E-state index contributed by atoms with van der Waals surface area (Å²) < 4.78 is 2.23. The van der Waals surface area contributed by atoms with Crippen LogP contribution in [0.25, 0.3) is 19.7 Å². The highest BCUT2D eigenvalue weighted by Crippen LogP contribution is 2.32. The van der Waals surface area contributed by atoms with Crippen LogP contribution in [0.5, 0.6) is 0 Å². The van der Waals surface area contributed by atoms with Crippen molar-refractivity contribution < 1.29 is 0 Å². The Hall–Kier alpha value is -1.07. The molecule has 0 aliphatic carbocycles. The van der Waals surface area contributed by atoms with E-state index in [0.29, 0.717) is 0 Å². The number of nitrogens with zero attached hydrogens (tertiary/aromatic N) is 3. The highest BCUT2D eigenvalue weighted by Gasteiger charge is 2.07. The lowest BCUT2D eigenvalue weighted by atomic mass is 10.5. The maximum Gasteiger partial charge on any atom is 0.198 e. The smallest absolute Gasteiger partial charge is 0.198 e. The Labute approximate surface area is 75.7 Å². The number of hydrogen-bond acceptors (Lipinski definition) is 5. The van der Waals surface area contributed by atoms with E-state index in [9.17, 15) is 0 Å². The summed E-state index contributed by atoms with van der Waals surface area (Å²) in [7, 11) is 0. The Morgan fingerprint density at radius 1 is 1.42 bits per heavy atom. The molecule has 57 valence electrons. The third-order valence-corrected chi connectivity index (χ3v) is 3.58. The van der Waals surface area contributed by atoms with E-state index in [1.54, 1.807) is 28.9 Å². The predicted octanol–water partition coefficient (Wildman–Crippen LogP) is 2.10. The van der Waals surface area contributed by atoms with Crippen LogP contribution in [0, 0.1) is 6.33 Å². The van der Waals surface area contributed by atoms with Crippen molar-refractivity contribution in [3.63, 3.8) is 0 Å². The van der Waals surface area contributed by atoms with Gasteiger partial charge in [0.05, 0.1) is 14.9 Å². The predicted molar refractivity (Wildman–Crippen MR) is 49.4 cm³/mol. The minimum absolute atomic E-state index is 0.979. The van der Waals surface area contributed by atoms with Crippen LogP contribution in [-0.4, -0.2) is 15.0 Å². The van der Waals surface area contributed by atoms with Crippen molar-refractivity contribution in [3.05, 3.63) is 18.0 Å². The van der Waals surface area contributed by atoms with Gasteiger partial charge in [-0.1, -0.05) is 0 Å². The van der Waals surface area contributed by atoms with E-state index in [4.69, 9.17) is 0 Å². The third kappa shape index (κ3) is 0.720. The fourth-order valence-corrected chi connectivity index (χ4v) is 3.03. The van der Waals surface area contributed by atoms with Gasteiger partial charge in [-0.05, 0) is 0 Å². The second-order valence-corrected chi connectivity index (χ2v) is 4.16. The molecule has 0 saturated heterocycles. The summed E-state index contributed by atoms with van der Waals surface area (Å²) in [5.41, 5.74) is 2.82. The molecule has 0 aliphatic rings. The highest BCUT2D eigenvalue weighted by atomic mass is 32.1. The molecule has 0 fully saturated rings. The Balaban J connectivity index is 2.68. The van der Waals surface area contributed by atoms with Crippen LogP contribution < -0.4 is 0 Å². The first-order chi connectivity index (χ1) is 5.95. The summed E-state index contributed by atoms with van der Waals surface area (Å²) in [4.78, 5) is 13.2. The minimum atomic E-state index is 0.979. The fraction of sp³-hybridized carbons (Fsp3) is 0. The Kier molecular flexibility index (Phi) is 1.19. The molecular weight excluding hydrogens is 190 g/mol. The van der Waals surface area contributed by atoms with Crippen molar-refractivity contribution in [2.45, 2.75) is 0 Å². The standard InChI is InChI=1S/C7H2N3S2/c1-4-5(9-2-8-1)6-7(12-4)10-3-11-6/h1,3H. The largest absolute Gasteiger partial charge is 0.234 e. The van der Waals surface area contributed by atoms with Crippen molar-refractivity contribution in [1.82, 2.24) is 15.0 Å². The molecule has 0 aromatic carbocycles. The first kappa shape index (κ1) is 6.45. The average molecular weight is 192 g/mol. The molecule has 0 atom stereocenters.